The lowest BCUT2D eigenvalue weighted by atomic mass is 10.1. The molecule has 1 N–H and O–H groups in total. The Balaban J connectivity index is 1.55. The Bertz CT molecular complexity index is 1320. The first-order valence-corrected chi connectivity index (χ1v) is 11.1. The molecule has 10 heteroatoms. The van der Waals surface area contributed by atoms with Gasteiger partial charge in [0, 0.05) is 17.8 Å². The number of thiophene rings is 1. The lowest BCUT2D eigenvalue weighted by molar-refractivity contribution is -0.119. The molecule has 0 aliphatic rings. The normalized spacial score (nSPS) is 11.2. The average Bonchev–Trinajstić information content (AvgIpc) is 3.55. The van der Waals surface area contributed by atoms with E-state index in [1.54, 1.807) is 41.2 Å². The number of furan rings is 1. The molecule has 0 bridgehead atoms. The number of fused-ring (bicyclic) bond motifs is 1. The van der Waals surface area contributed by atoms with Crippen molar-refractivity contribution < 1.29 is 23.5 Å². The number of carbonyl (C=O) groups is 3. The van der Waals surface area contributed by atoms with E-state index in [9.17, 15) is 14.4 Å². The van der Waals surface area contributed by atoms with E-state index in [2.05, 4.69) is 15.4 Å². The molecule has 0 atom stereocenters. The van der Waals surface area contributed by atoms with Crippen molar-refractivity contribution in [2.24, 2.45) is 0 Å². The highest BCUT2D eigenvalue weighted by atomic mass is 32.1. The van der Waals surface area contributed by atoms with E-state index >= 15 is 0 Å². The van der Waals surface area contributed by atoms with Crippen molar-refractivity contribution in [3.63, 3.8) is 0 Å². The third-order valence-electron chi connectivity index (χ3n) is 4.83. The number of amides is 1. The van der Waals surface area contributed by atoms with Gasteiger partial charge in [-0.05, 0) is 44.2 Å². The second-order valence-corrected chi connectivity index (χ2v) is 8.80. The molecule has 1 amide bonds. The summed E-state index contributed by atoms with van der Waals surface area (Å²) < 4.78 is 12.5. The number of pyridine rings is 1. The molecule has 9 nitrogen and oxygen atoms in total. The minimum atomic E-state index is -0.651. The van der Waals surface area contributed by atoms with Gasteiger partial charge in [0.2, 0.25) is 11.7 Å². The highest BCUT2D eigenvalue weighted by Gasteiger charge is 2.21. The molecule has 0 radical (unpaired) electrons. The summed E-state index contributed by atoms with van der Waals surface area (Å²) in [6.45, 7) is 5.29. The number of hydrogen-bond donors (Lipinski definition) is 1. The average molecular weight is 467 g/mol. The van der Waals surface area contributed by atoms with Crippen molar-refractivity contribution in [2.45, 2.75) is 33.4 Å². The van der Waals surface area contributed by atoms with Crippen LogP contribution in [0.1, 0.15) is 51.7 Å². The number of ketones is 1. The van der Waals surface area contributed by atoms with Crippen LogP contribution in [0.25, 0.3) is 22.5 Å². The van der Waals surface area contributed by atoms with Gasteiger partial charge >= 0.3 is 5.97 Å². The zero-order valence-electron chi connectivity index (χ0n) is 18.3. The zero-order valence-corrected chi connectivity index (χ0v) is 19.1. The van der Waals surface area contributed by atoms with Crippen LogP contribution in [0.4, 0.5) is 0 Å². The van der Waals surface area contributed by atoms with E-state index in [4.69, 9.17) is 9.15 Å². The third kappa shape index (κ3) is 4.85. The van der Waals surface area contributed by atoms with Crippen LogP contribution in [0.15, 0.2) is 47.2 Å². The maximum atomic E-state index is 13.0. The Morgan fingerprint density at radius 2 is 2.06 bits per heavy atom. The molecule has 0 saturated heterocycles. The predicted octanol–water partition coefficient (Wildman–Crippen LogP) is 4.01. The quantitative estimate of drug-likeness (QED) is 0.308. The second-order valence-electron chi connectivity index (χ2n) is 7.63. The Labute approximate surface area is 193 Å². The molecule has 0 aliphatic heterocycles. The van der Waals surface area contributed by atoms with Gasteiger partial charge in [0.15, 0.2) is 18.0 Å². The van der Waals surface area contributed by atoms with Gasteiger partial charge in [0.05, 0.1) is 34.8 Å². The van der Waals surface area contributed by atoms with E-state index in [1.165, 1.54) is 24.5 Å². The molecular formula is C23H22N4O5S. The Kier molecular flexibility index (Phi) is 6.36. The summed E-state index contributed by atoms with van der Waals surface area (Å²) in [5.74, 6) is -0.619. The number of nitrogens with one attached hydrogen (secondary N) is 1. The molecule has 4 rings (SSSR count). The van der Waals surface area contributed by atoms with Crippen molar-refractivity contribution >= 4 is 40.0 Å². The van der Waals surface area contributed by atoms with E-state index in [-0.39, 0.29) is 23.3 Å². The van der Waals surface area contributed by atoms with Crippen molar-refractivity contribution in [3.8, 4) is 11.5 Å². The monoisotopic (exact) mass is 466 g/mol. The lowest BCUT2D eigenvalue weighted by Crippen LogP contribution is -2.18. The lowest BCUT2D eigenvalue weighted by Gasteiger charge is -2.09. The molecular weight excluding hydrogens is 444 g/mol. The van der Waals surface area contributed by atoms with Gasteiger partial charge in [-0.1, -0.05) is 0 Å². The zero-order chi connectivity index (χ0) is 23.5. The maximum Gasteiger partial charge on any atom is 0.339 e. The molecule has 0 unspecified atom stereocenters. The third-order valence-corrected chi connectivity index (χ3v) is 5.96. The number of aromatic nitrogens is 3. The van der Waals surface area contributed by atoms with Gasteiger partial charge in [-0.2, -0.15) is 5.10 Å². The number of carbonyl (C=O) groups excluding carboxylic acids is 3. The molecule has 0 fully saturated rings. The predicted molar refractivity (Wildman–Crippen MR) is 122 cm³/mol. The molecule has 4 heterocycles. The van der Waals surface area contributed by atoms with E-state index < -0.39 is 12.6 Å². The number of Topliss-reactive ketones (excluding diaryl/α,β-unsaturated/α-hetero) is 1. The van der Waals surface area contributed by atoms with Crippen molar-refractivity contribution in [1.29, 1.82) is 0 Å². The fourth-order valence-electron chi connectivity index (χ4n) is 3.23. The van der Waals surface area contributed by atoms with Crippen LogP contribution in [-0.4, -0.2) is 39.0 Å². The van der Waals surface area contributed by atoms with Crippen LogP contribution >= 0.6 is 11.3 Å². The Morgan fingerprint density at radius 3 is 2.76 bits per heavy atom. The molecule has 4 aromatic heterocycles. The van der Waals surface area contributed by atoms with Crippen LogP contribution in [0.3, 0.4) is 0 Å². The summed E-state index contributed by atoms with van der Waals surface area (Å²) in [6.07, 6.45) is 3.10. The second kappa shape index (κ2) is 9.37. The SMILES string of the molecule is CC(=O)NCc1ccc(C(=O)COC(=O)c2cc(-c3ccco3)nc3c2cnn3C(C)C)s1. The molecule has 0 saturated carbocycles. The number of ether oxygens (including phenoxy) is 1. The fourth-order valence-corrected chi connectivity index (χ4v) is 4.10. The van der Waals surface area contributed by atoms with Crippen molar-refractivity contribution in [3.05, 3.63) is 58.1 Å². The van der Waals surface area contributed by atoms with Crippen LogP contribution in [0.5, 0.6) is 0 Å². The first-order chi connectivity index (χ1) is 15.8. The summed E-state index contributed by atoms with van der Waals surface area (Å²) in [5.41, 5.74) is 1.25. The highest BCUT2D eigenvalue weighted by molar-refractivity contribution is 7.14. The van der Waals surface area contributed by atoms with Gasteiger partial charge in [0.25, 0.3) is 0 Å². The number of rotatable bonds is 8. The first kappa shape index (κ1) is 22.4. The van der Waals surface area contributed by atoms with Crippen molar-refractivity contribution in [2.75, 3.05) is 6.61 Å². The highest BCUT2D eigenvalue weighted by Crippen LogP contribution is 2.27. The topological polar surface area (TPSA) is 116 Å². The minimum absolute atomic E-state index is 0.0258. The molecule has 33 heavy (non-hydrogen) atoms. The van der Waals surface area contributed by atoms with Crippen LogP contribution in [-0.2, 0) is 16.1 Å². The smallest absolute Gasteiger partial charge is 0.339 e. The van der Waals surface area contributed by atoms with Gasteiger partial charge in [-0.25, -0.2) is 14.5 Å². The summed E-state index contributed by atoms with van der Waals surface area (Å²) in [4.78, 5) is 42.5. The number of nitrogens with zero attached hydrogens (tertiary/aromatic N) is 3. The Hall–Kier alpha value is -3.79. The van der Waals surface area contributed by atoms with Gasteiger partial charge in [0.1, 0.15) is 5.69 Å². The molecule has 0 aromatic carbocycles. The fraction of sp³-hybridized carbons (Fsp3) is 0.261. The van der Waals surface area contributed by atoms with E-state index in [0.29, 0.717) is 33.9 Å². The molecule has 0 aliphatic carbocycles. The van der Waals surface area contributed by atoms with Gasteiger partial charge in [-0.15, -0.1) is 11.3 Å². The van der Waals surface area contributed by atoms with Crippen LogP contribution < -0.4 is 5.32 Å². The largest absolute Gasteiger partial charge is 0.463 e. The Morgan fingerprint density at radius 1 is 1.24 bits per heavy atom. The minimum Gasteiger partial charge on any atom is -0.463 e. The van der Waals surface area contributed by atoms with Crippen LogP contribution in [0.2, 0.25) is 0 Å². The maximum absolute atomic E-state index is 13.0. The van der Waals surface area contributed by atoms with Gasteiger partial charge < -0.3 is 14.5 Å². The van der Waals surface area contributed by atoms with Crippen molar-refractivity contribution in [1.82, 2.24) is 20.1 Å². The first-order valence-electron chi connectivity index (χ1n) is 10.3. The molecule has 0 spiro atoms. The van der Waals surface area contributed by atoms with E-state index in [1.807, 2.05) is 13.8 Å². The summed E-state index contributed by atoms with van der Waals surface area (Å²) >= 11 is 1.25. The molecule has 170 valence electrons. The van der Waals surface area contributed by atoms with Crippen LogP contribution in [0, 0.1) is 0 Å². The van der Waals surface area contributed by atoms with Gasteiger partial charge in [-0.3, -0.25) is 9.59 Å². The summed E-state index contributed by atoms with van der Waals surface area (Å²) in [5, 5.41) is 7.57. The summed E-state index contributed by atoms with van der Waals surface area (Å²) in [6, 6.07) is 8.51. The number of esters is 1. The number of hydrogen-bond acceptors (Lipinski definition) is 8. The molecule has 4 aromatic rings. The van der Waals surface area contributed by atoms with E-state index in [0.717, 1.165) is 4.88 Å². The summed E-state index contributed by atoms with van der Waals surface area (Å²) in [7, 11) is 0. The standard InChI is InChI=1S/C23H22N4O5S/c1-13(2)27-22-17(11-25-27)16(9-18(26-22)20-5-4-8-31-20)23(30)32-12-19(29)21-7-6-15(33-21)10-24-14(3)28/h4-9,11,13H,10,12H2,1-3H3,(H,24,28).